The molecule has 0 spiro atoms. The lowest BCUT2D eigenvalue weighted by Gasteiger charge is -2.17. The Morgan fingerprint density at radius 2 is 1.82 bits per heavy atom. The van der Waals surface area contributed by atoms with E-state index in [1.807, 2.05) is 30.3 Å². The maximum atomic E-state index is 10.9. The van der Waals surface area contributed by atoms with Crippen LogP contribution in [-0.2, 0) is 19.4 Å². The molecule has 5 heteroatoms. The van der Waals surface area contributed by atoms with Crippen molar-refractivity contribution in [1.29, 1.82) is 0 Å². The molecule has 1 aliphatic rings. The van der Waals surface area contributed by atoms with Crippen LogP contribution < -0.4 is 4.74 Å². The molecule has 1 aliphatic heterocycles. The van der Waals surface area contributed by atoms with E-state index in [0.717, 1.165) is 47.8 Å². The zero-order valence-electron chi connectivity index (χ0n) is 15.8. The van der Waals surface area contributed by atoms with Crippen molar-refractivity contribution >= 4 is 22.5 Å². The molecule has 0 saturated heterocycles. The Morgan fingerprint density at radius 1 is 1.11 bits per heavy atom. The molecular formula is C23H29ClN2O2. The average Bonchev–Trinajstić information content (AvgIpc) is 2.82. The third-order valence-electron chi connectivity index (χ3n) is 5.58. The molecule has 1 atom stereocenters. The first-order valence-electron chi connectivity index (χ1n) is 9.37. The maximum Gasteiger partial charge on any atom is 0.118 e. The van der Waals surface area contributed by atoms with Crippen molar-refractivity contribution in [3.8, 4) is 5.75 Å². The number of hydrogen-bond acceptors (Lipinski definition) is 3. The van der Waals surface area contributed by atoms with Crippen molar-refractivity contribution in [2.75, 3.05) is 27.2 Å². The molecule has 0 fully saturated rings. The lowest BCUT2D eigenvalue weighted by atomic mass is 10.1. The molecule has 1 unspecified atom stereocenters. The van der Waals surface area contributed by atoms with E-state index in [-0.39, 0.29) is 7.43 Å². The van der Waals surface area contributed by atoms with Gasteiger partial charge in [-0.1, -0.05) is 31.2 Å². The van der Waals surface area contributed by atoms with Gasteiger partial charge in [0, 0.05) is 41.1 Å². The Hall–Kier alpha value is -2.01. The molecule has 28 heavy (non-hydrogen) atoms. The van der Waals surface area contributed by atoms with Gasteiger partial charge in [-0.2, -0.15) is 0 Å². The first-order valence-corrected chi connectivity index (χ1v) is 9.74. The zero-order chi connectivity index (χ0) is 19.0. The predicted octanol–water partition coefficient (Wildman–Crippen LogP) is 4.70. The topological polar surface area (TPSA) is 37.6 Å². The summed E-state index contributed by atoms with van der Waals surface area (Å²) in [6.07, 6.45) is 1.41. The molecule has 2 aromatic carbocycles. The van der Waals surface area contributed by atoms with E-state index in [9.17, 15) is 5.11 Å². The van der Waals surface area contributed by atoms with Gasteiger partial charge in [0.1, 0.15) is 5.75 Å². The fourth-order valence-electron chi connectivity index (χ4n) is 4.04. The smallest absolute Gasteiger partial charge is 0.118 e. The number of ether oxygens (including phenoxy) is 1. The number of likely N-dealkylation sites (N-methyl/N-ethyl adjacent to an activating group) is 1. The third kappa shape index (κ3) is 3.90. The summed E-state index contributed by atoms with van der Waals surface area (Å²) in [5, 5.41) is 12.9. The van der Waals surface area contributed by atoms with E-state index in [4.69, 9.17) is 16.3 Å². The highest BCUT2D eigenvalue weighted by Gasteiger charge is 2.22. The largest absolute Gasteiger partial charge is 0.497 e. The van der Waals surface area contributed by atoms with Gasteiger partial charge >= 0.3 is 0 Å². The van der Waals surface area contributed by atoms with E-state index in [0.29, 0.717) is 6.54 Å². The van der Waals surface area contributed by atoms with Crippen LogP contribution >= 0.6 is 11.6 Å². The summed E-state index contributed by atoms with van der Waals surface area (Å²) in [4.78, 5) is 2.36. The van der Waals surface area contributed by atoms with Gasteiger partial charge in [0.05, 0.1) is 19.8 Å². The van der Waals surface area contributed by atoms with Crippen LogP contribution in [0.5, 0.6) is 5.75 Å². The molecule has 150 valence electrons. The number of aromatic nitrogens is 1. The maximum absolute atomic E-state index is 10.9. The minimum absolute atomic E-state index is 0. The van der Waals surface area contributed by atoms with Gasteiger partial charge in [0.25, 0.3) is 0 Å². The second kappa shape index (κ2) is 8.56. The number of benzene rings is 2. The Kier molecular flexibility index (Phi) is 6.33. The number of aliphatic hydroxyl groups is 1. The van der Waals surface area contributed by atoms with Crippen molar-refractivity contribution in [2.45, 2.75) is 32.9 Å². The summed E-state index contributed by atoms with van der Waals surface area (Å²) in [5.41, 5.74) is 4.75. The molecule has 1 N–H and O–H groups in total. The lowest BCUT2D eigenvalue weighted by Crippen LogP contribution is -2.21. The summed E-state index contributed by atoms with van der Waals surface area (Å²) in [6.45, 7) is 2.60. The number of methoxy groups -OCH3 is 1. The summed E-state index contributed by atoms with van der Waals surface area (Å²) in [7, 11) is 3.81. The van der Waals surface area contributed by atoms with Gasteiger partial charge in [0.15, 0.2) is 0 Å². The second-order valence-corrected chi connectivity index (χ2v) is 7.73. The number of fused-ring (bicyclic) bond motifs is 3. The predicted molar refractivity (Wildman–Crippen MR) is 117 cm³/mol. The van der Waals surface area contributed by atoms with Crippen molar-refractivity contribution in [2.24, 2.45) is 0 Å². The Bertz CT molecular complexity index is 949. The third-order valence-corrected chi connectivity index (χ3v) is 5.81. The molecule has 3 aromatic rings. The van der Waals surface area contributed by atoms with Crippen LogP contribution in [0.15, 0.2) is 42.5 Å². The molecule has 4 rings (SSSR count). The summed E-state index contributed by atoms with van der Waals surface area (Å²) < 4.78 is 7.50. The minimum atomic E-state index is -0.577. The van der Waals surface area contributed by atoms with Crippen LogP contribution in [0.4, 0.5) is 0 Å². The molecule has 0 bridgehead atoms. The van der Waals surface area contributed by atoms with Gasteiger partial charge in [-0.25, -0.2) is 0 Å². The highest BCUT2D eigenvalue weighted by Crippen LogP contribution is 2.33. The van der Waals surface area contributed by atoms with Crippen LogP contribution in [0.1, 0.15) is 30.4 Å². The number of halogens is 1. The number of hydrogen-bond donors (Lipinski definition) is 1. The zero-order valence-corrected chi connectivity index (χ0v) is 16.5. The van der Waals surface area contributed by atoms with Gasteiger partial charge in [0.2, 0.25) is 0 Å². The first kappa shape index (κ1) is 20.7. The minimum Gasteiger partial charge on any atom is -0.497 e. The molecular weight excluding hydrogens is 372 g/mol. The van der Waals surface area contributed by atoms with Gasteiger partial charge in [-0.15, -0.1) is 0 Å². The number of aliphatic hydroxyl groups excluding tert-OH is 1. The van der Waals surface area contributed by atoms with Crippen molar-refractivity contribution in [1.82, 2.24) is 9.47 Å². The quantitative estimate of drug-likeness (QED) is 0.689. The molecule has 1 aromatic heterocycles. The molecule has 4 nitrogen and oxygen atoms in total. The second-order valence-electron chi connectivity index (χ2n) is 7.29. The van der Waals surface area contributed by atoms with Crippen molar-refractivity contribution in [3.63, 3.8) is 0 Å². The van der Waals surface area contributed by atoms with Crippen LogP contribution in [0.3, 0.4) is 0 Å². The highest BCUT2D eigenvalue weighted by atomic mass is 35.5. The first-order chi connectivity index (χ1) is 13.1. The standard InChI is InChI=1S/C22H25ClN2O2.CH4/c1-24-11-9-18-19-13-16(23)5-8-20(19)25(21(18)10-12-24)14-22(26)15-3-6-17(27-2)7-4-15;/h3-8,13,22,26H,9-12,14H2,1-2H3;1H4. The van der Waals surface area contributed by atoms with Crippen molar-refractivity contribution in [3.05, 3.63) is 64.3 Å². The lowest BCUT2D eigenvalue weighted by molar-refractivity contribution is 0.157. The van der Waals surface area contributed by atoms with Crippen LogP contribution in [0.25, 0.3) is 10.9 Å². The fraction of sp³-hybridized carbons (Fsp3) is 0.391. The van der Waals surface area contributed by atoms with E-state index in [1.165, 1.54) is 16.6 Å². The average molecular weight is 401 g/mol. The van der Waals surface area contributed by atoms with Gasteiger partial charge in [-0.05, 0) is 54.9 Å². The highest BCUT2D eigenvalue weighted by molar-refractivity contribution is 6.31. The molecule has 2 heterocycles. The van der Waals surface area contributed by atoms with E-state index in [2.05, 4.69) is 28.6 Å². The Morgan fingerprint density at radius 3 is 2.54 bits per heavy atom. The molecule has 0 saturated carbocycles. The SMILES string of the molecule is C.COc1ccc(C(O)Cn2c3c(c4cc(Cl)ccc42)CCN(C)CC3)cc1. The van der Waals surface area contributed by atoms with Gasteiger partial charge < -0.3 is 19.3 Å². The number of rotatable bonds is 4. The van der Waals surface area contributed by atoms with Crippen LogP contribution in [0.2, 0.25) is 5.02 Å². The van der Waals surface area contributed by atoms with Gasteiger partial charge in [-0.3, -0.25) is 0 Å². The Balaban J connectivity index is 0.00000225. The van der Waals surface area contributed by atoms with Crippen LogP contribution in [0, 0.1) is 0 Å². The van der Waals surface area contributed by atoms with E-state index < -0.39 is 6.10 Å². The Labute approximate surface area is 172 Å². The molecule has 0 amide bonds. The molecule has 0 aliphatic carbocycles. The van der Waals surface area contributed by atoms with Crippen molar-refractivity contribution < 1.29 is 9.84 Å². The summed E-state index contributed by atoms with van der Waals surface area (Å²) in [5.74, 6) is 0.795. The molecule has 0 radical (unpaired) electrons. The van der Waals surface area contributed by atoms with Crippen LogP contribution in [-0.4, -0.2) is 41.8 Å². The fourth-order valence-corrected chi connectivity index (χ4v) is 4.21. The number of nitrogens with zero attached hydrogens (tertiary/aromatic N) is 2. The van der Waals surface area contributed by atoms with E-state index >= 15 is 0 Å². The monoisotopic (exact) mass is 400 g/mol. The normalized spacial score (nSPS) is 15.6. The summed E-state index contributed by atoms with van der Waals surface area (Å²) in [6, 6.07) is 13.7. The van der Waals surface area contributed by atoms with E-state index in [1.54, 1.807) is 7.11 Å². The summed E-state index contributed by atoms with van der Waals surface area (Å²) >= 11 is 6.29.